The fraction of sp³-hybridized carbons (Fsp3) is 0.533. The molecular weight excluding hydrogens is 288 g/mol. The van der Waals surface area contributed by atoms with Crippen molar-refractivity contribution in [2.75, 3.05) is 26.8 Å². The molecule has 1 heterocycles. The van der Waals surface area contributed by atoms with E-state index in [0.717, 1.165) is 19.4 Å². The van der Waals surface area contributed by atoms with Crippen LogP contribution in [0.1, 0.15) is 24.0 Å². The van der Waals surface area contributed by atoms with Crippen LogP contribution in [-0.4, -0.2) is 39.5 Å². The molecule has 21 heavy (non-hydrogen) atoms. The van der Waals surface area contributed by atoms with Gasteiger partial charge in [0.2, 0.25) is 10.0 Å². The molecule has 114 valence electrons. The summed E-state index contributed by atoms with van der Waals surface area (Å²) in [6.07, 6.45) is 2.00. The summed E-state index contributed by atoms with van der Waals surface area (Å²) in [5.41, 5.74) is 1.23. The van der Waals surface area contributed by atoms with Crippen LogP contribution in [0.2, 0.25) is 0 Å². The highest BCUT2D eigenvalue weighted by Crippen LogP contribution is 2.17. The maximum Gasteiger partial charge on any atom is 0.218 e. The largest absolute Gasteiger partial charge is 0.381 e. The molecule has 1 saturated heterocycles. The highest BCUT2D eigenvalue weighted by atomic mass is 32.2. The number of hydrogen-bond donors (Lipinski definition) is 0. The summed E-state index contributed by atoms with van der Waals surface area (Å²) in [7, 11) is -1.72. The fourth-order valence-electron chi connectivity index (χ4n) is 2.42. The van der Waals surface area contributed by atoms with E-state index >= 15 is 0 Å². The van der Waals surface area contributed by atoms with Crippen LogP contribution in [0.5, 0.6) is 0 Å². The standard InChI is InChI=1S/C15H20N2O3S/c1-17(10-15-3-2-8-20-11-15)21(18,19)12-14-6-4-13(9-16)5-7-14/h4-7,15H,2-3,8,10-12H2,1H3. The van der Waals surface area contributed by atoms with Crippen LogP contribution >= 0.6 is 0 Å². The van der Waals surface area contributed by atoms with Crippen LogP contribution < -0.4 is 0 Å². The molecule has 6 heteroatoms. The van der Waals surface area contributed by atoms with Gasteiger partial charge in [0, 0.05) is 20.2 Å². The average Bonchev–Trinajstić information content (AvgIpc) is 2.48. The van der Waals surface area contributed by atoms with Crippen LogP contribution in [0.3, 0.4) is 0 Å². The highest BCUT2D eigenvalue weighted by Gasteiger charge is 2.23. The maximum absolute atomic E-state index is 12.3. The van der Waals surface area contributed by atoms with Gasteiger partial charge in [0.15, 0.2) is 0 Å². The van der Waals surface area contributed by atoms with Crippen molar-refractivity contribution in [3.63, 3.8) is 0 Å². The Morgan fingerprint density at radius 1 is 1.38 bits per heavy atom. The summed E-state index contributed by atoms with van der Waals surface area (Å²) in [6, 6.07) is 8.67. The predicted molar refractivity (Wildman–Crippen MR) is 80.0 cm³/mol. The van der Waals surface area contributed by atoms with Gasteiger partial charge in [-0.25, -0.2) is 12.7 Å². The lowest BCUT2D eigenvalue weighted by atomic mass is 10.0. The number of ether oxygens (including phenoxy) is 1. The zero-order chi connectivity index (χ0) is 15.3. The Hall–Kier alpha value is -1.42. The number of sulfonamides is 1. The molecule has 0 radical (unpaired) electrons. The van der Waals surface area contributed by atoms with Crippen molar-refractivity contribution < 1.29 is 13.2 Å². The molecule has 1 unspecified atom stereocenters. The van der Waals surface area contributed by atoms with Gasteiger partial charge < -0.3 is 4.74 Å². The third-order valence-corrected chi connectivity index (χ3v) is 5.47. The van der Waals surface area contributed by atoms with E-state index in [2.05, 4.69) is 0 Å². The molecule has 1 aliphatic heterocycles. The van der Waals surface area contributed by atoms with Gasteiger partial charge in [-0.2, -0.15) is 5.26 Å². The molecule has 1 fully saturated rings. The Balaban J connectivity index is 1.97. The van der Waals surface area contributed by atoms with Gasteiger partial charge in [0.1, 0.15) is 0 Å². The molecule has 0 bridgehead atoms. The summed E-state index contributed by atoms with van der Waals surface area (Å²) in [6.45, 7) is 1.91. The van der Waals surface area contributed by atoms with Crippen molar-refractivity contribution in [2.45, 2.75) is 18.6 Å². The van der Waals surface area contributed by atoms with E-state index < -0.39 is 10.0 Å². The van der Waals surface area contributed by atoms with E-state index in [-0.39, 0.29) is 11.7 Å². The Morgan fingerprint density at radius 2 is 2.10 bits per heavy atom. The van der Waals surface area contributed by atoms with Crippen molar-refractivity contribution in [2.24, 2.45) is 5.92 Å². The molecule has 1 aliphatic rings. The minimum absolute atomic E-state index is 0.0389. The SMILES string of the molecule is CN(CC1CCCOC1)S(=O)(=O)Cc1ccc(C#N)cc1. The third kappa shape index (κ3) is 4.53. The minimum Gasteiger partial charge on any atom is -0.381 e. The van der Waals surface area contributed by atoms with Gasteiger partial charge >= 0.3 is 0 Å². The Kier molecular flexibility index (Phi) is 5.34. The first-order chi connectivity index (χ1) is 10.0. The van der Waals surface area contributed by atoms with Crippen molar-refractivity contribution in [3.05, 3.63) is 35.4 Å². The fourth-order valence-corrected chi connectivity index (χ4v) is 3.70. The lowest BCUT2D eigenvalue weighted by molar-refractivity contribution is 0.0495. The Bertz CT molecular complexity index is 599. The van der Waals surface area contributed by atoms with Crippen LogP contribution in [-0.2, 0) is 20.5 Å². The molecule has 0 saturated carbocycles. The van der Waals surface area contributed by atoms with Crippen molar-refractivity contribution in [1.29, 1.82) is 5.26 Å². The molecule has 0 spiro atoms. The second kappa shape index (κ2) is 7.03. The average molecular weight is 308 g/mol. The molecule has 1 atom stereocenters. The number of nitrogens with zero attached hydrogens (tertiary/aromatic N) is 2. The normalized spacial score (nSPS) is 19.4. The number of rotatable bonds is 5. The summed E-state index contributed by atoms with van der Waals surface area (Å²) in [5.74, 6) is 0.238. The van der Waals surface area contributed by atoms with Crippen LogP contribution in [0.15, 0.2) is 24.3 Å². The van der Waals surface area contributed by atoms with Gasteiger partial charge in [0.05, 0.1) is 24.0 Å². The maximum atomic E-state index is 12.3. The quantitative estimate of drug-likeness (QED) is 0.831. The lowest BCUT2D eigenvalue weighted by Gasteiger charge is -2.26. The van der Waals surface area contributed by atoms with Crippen molar-refractivity contribution >= 4 is 10.0 Å². The van der Waals surface area contributed by atoms with Crippen LogP contribution in [0.25, 0.3) is 0 Å². The van der Waals surface area contributed by atoms with Gasteiger partial charge in [0.25, 0.3) is 0 Å². The van der Waals surface area contributed by atoms with Gasteiger partial charge in [-0.3, -0.25) is 0 Å². The zero-order valence-corrected chi connectivity index (χ0v) is 13.0. The smallest absolute Gasteiger partial charge is 0.218 e. The van der Waals surface area contributed by atoms with E-state index in [1.165, 1.54) is 4.31 Å². The Labute approximate surface area is 126 Å². The Morgan fingerprint density at radius 3 is 2.67 bits per heavy atom. The van der Waals surface area contributed by atoms with Crippen LogP contribution in [0, 0.1) is 17.2 Å². The van der Waals surface area contributed by atoms with Crippen molar-refractivity contribution in [3.8, 4) is 6.07 Å². The van der Waals surface area contributed by atoms with E-state index in [0.29, 0.717) is 24.3 Å². The monoisotopic (exact) mass is 308 g/mol. The van der Waals surface area contributed by atoms with E-state index in [1.54, 1.807) is 31.3 Å². The molecule has 1 aromatic carbocycles. The van der Waals surface area contributed by atoms with Gasteiger partial charge in [-0.1, -0.05) is 12.1 Å². The summed E-state index contributed by atoms with van der Waals surface area (Å²) < 4.78 is 31.5. The molecule has 0 N–H and O–H groups in total. The molecular formula is C15H20N2O3S. The summed E-state index contributed by atoms with van der Waals surface area (Å²) in [5, 5.41) is 8.74. The van der Waals surface area contributed by atoms with Gasteiger partial charge in [-0.15, -0.1) is 0 Å². The summed E-state index contributed by atoms with van der Waals surface area (Å²) >= 11 is 0. The van der Waals surface area contributed by atoms with E-state index in [1.807, 2.05) is 6.07 Å². The van der Waals surface area contributed by atoms with E-state index in [4.69, 9.17) is 10.00 Å². The van der Waals surface area contributed by atoms with Crippen LogP contribution in [0.4, 0.5) is 0 Å². The zero-order valence-electron chi connectivity index (χ0n) is 12.2. The molecule has 5 nitrogen and oxygen atoms in total. The molecule has 0 aliphatic carbocycles. The first-order valence-electron chi connectivity index (χ1n) is 7.02. The number of benzene rings is 1. The highest BCUT2D eigenvalue weighted by molar-refractivity contribution is 7.88. The topological polar surface area (TPSA) is 70.4 Å². The predicted octanol–water partition coefficient (Wildman–Crippen LogP) is 1.75. The first kappa shape index (κ1) is 16.0. The molecule has 2 rings (SSSR count). The summed E-state index contributed by atoms with van der Waals surface area (Å²) in [4.78, 5) is 0. The molecule has 0 aromatic heterocycles. The number of nitriles is 1. The van der Waals surface area contributed by atoms with Gasteiger partial charge in [-0.05, 0) is 36.5 Å². The minimum atomic E-state index is -3.34. The number of hydrogen-bond acceptors (Lipinski definition) is 4. The second-order valence-corrected chi connectivity index (χ2v) is 7.50. The van der Waals surface area contributed by atoms with Crippen molar-refractivity contribution in [1.82, 2.24) is 4.31 Å². The lowest BCUT2D eigenvalue weighted by Crippen LogP contribution is -2.35. The molecule has 0 amide bonds. The third-order valence-electron chi connectivity index (χ3n) is 3.68. The van der Waals surface area contributed by atoms with E-state index in [9.17, 15) is 8.42 Å². The molecule has 1 aromatic rings. The second-order valence-electron chi connectivity index (χ2n) is 5.43. The first-order valence-corrected chi connectivity index (χ1v) is 8.63.